The number of hydrogen-bond acceptors (Lipinski definition) is 7. The summed E-state index contributed by atoms with van der Waals surface area (Å²) in [5.41, 5.74) is 1.45. The van der Waals surface area contributed by atoms with Crippen molar-refractivity contribution in [2.24, 2.45) is 0 Å². The lowest BCUT2D eigenvalue weighted by atomic mass is 10.1. The molecule has 8 nitrogen and oxygen atoms in total. The van der Waals surface area contributed by atoms with Crippen LogP contribution >= 0.6 is 0 Å². The van der Waals surface area contributed by atoms with Crippen LogP contribution in [0, 0.1) is 5.82 Å². The second kappa shape index (κ2) is 8.14. The van der Waals surface area contributed by atoms with Crippen LogP contribution in [0.25, 0.3) is 0 Å². The van der Waals surface area contributed by atoms with Crippen LogP contribution in [0.15, 0.2) is 49.2 Å². The molecule has 2 aromatic heterocycles. The van der Waals surface area contributed by atoms with E-state index in [9.17, 15) is 4.39 Å². The molecule has 2 fully saturated rings. The van der Waals surface area contributed by atoms with Crippen molar-refractivity contribution in [2.75, 3.05) is 36.0 Å². The summed E-state index contributed by atoms with van der Waals surface area (Å²) in [6.07, 6.45) is 6.68. The van der Waals surface area contributed by atoms with Gasteiger partial charge in [0.1, 0.15) is 35.6 Å². The number of rotatable bonds is 6. The minimum absolute atomic E-state index is 0.223. The summed E-state index contributed by atoms with van der Waals surface area (Å²) < 4.78 is 20.1. The minimum atomic E-state index is -0.389. The highest BCUT2D eigenvalue weighted by Gasteiger charge is 2.40. The molecule has 0 atom stereocenters. The smallest absolute Gasteiger partial charge is 0.230 e. The van der Waals surface area contributed by atoms with Crippen molar-refractivity contribution in [3.05, 3.63) is 66.3 Å². The van der Waals surface area contributed by atoms with Crippen molar-refractivity contribution in [3.8, 4) is 5.75 Å². The van der Waals surface area contributed by atoms with E-state index in [1.54, 1.807) is 24.7 Å². The van der Waals surface area contributed by atoms with Crippen LogP contribution in [-0.2, 0) is 0 Å². The largest absolute Gasteiger partial charge is 0.484 e. The van der Waals surface area contributed by atoms with Gasteiger partial charge in [0.2, 0.25) is 5.71 Å². The van der Waals surface area contributed by atoms with Crippen LogP contribution in [0.4, 0.5) is 16.0 Å². The maximum absolute atomic E-state index is 14.2. The molecule has 0 spiro atoms. The molecule has 9 heteroatoms. The van der Waals surface area contributed by atoms with E-state index in [2.05, 4.69) is 29.7 Å². The van der Waals surface area contributed by atoms with Gasteiger partial charge in [0.25, 0.3) is 0 Å². The highest BCUT2D eigenvalue weighted by atomic mass is 19.1. The maximum Gasteiger partial charge on any atom is 0.230 e. The van der Waals surface area contributed by atoms with Gasteiger partial charge < -0.3 is 14.5 Å². The fourth-order valence-corrected chi connectivity index (χ4v) is 3.74. The first-order chi connectivity index (χ1) is 15.5. The Morgan fingerprint density at radius 1 is 0.969 bits per heavy atom. The SMILES string of the molecule is CC1(Oc2cc(C(=[NH2+])c3cc(N4CCN(c5ccncn5)CC4)ncn3)ccc2F)CC1. The zero-order valence-corrected chi connectivity index (χ0v) is 17.9. The quantitative estimate of drug-likeness (QED) is 0.584. The van der Waals surface area contributed by atoms with Gasteiger partial charge in [-0.3, -0.25) is 5.41 Å². The molecule has 1 aliphatic carbocycles. The Hall–Kier alpha value is -3.62. The summed E-state index contributed by atoms with van der Waals surface area (Å²) >= 11 is 0. The molecule has 0 bridgehead atoms. The summed E-state index contributed by atoms with van der Waals surface area (Å²) in [5.74, 6) is 1.57. The second-order valence-corrected chi connectivity index (χ2v) is 8.41. The number of piperazine rings is 1. The standard InChI is InChI=1S/C23H24FN7O/c1-23(5-6-23)32-19-12-16(2-3-17(19)24)22(25)18-13-21(29-15-27-18)31-10-8-30(9-11-31)20-4-7-26-14-28-20/h2-4,7,12-15,25H,5-6,8-11H2,1H3/p+1. The van der Waals surface area contributed by atoms with Crippen LogP contribution in [0.3, 0.4) is 0 Å². The number of anilines is 2. The van der Waals surface area contributed by atoms with E-state index in [-0.39, 0.29) is 17.2 Å². The third-order valence-electron chi connectivity index (χ3n) is 5.98. The molecule has 1 aromatic carbocycles. The predicted molar refractivity (Wildman–Crippen MR) is 118 cm³/mol. The van der Waals surface area contributed by atoms with Crippen LogP contribution in [-0.4, -0.2) is 57.4 Å². The molecule has 0 unspecified atom stereocenters. The fraction of sp³-hybridized carbons (Fsp3) is 0.348. The molecule has 3 aromatic rings. The van der Waals surface area contributed by atoms with Crippen molar-refractivity contribution < 1.29 is 14.5 Å². The van der Waals surface area contributed by atoms with Crippen LogP contribution < -0.4 is 19.9 Å². The average Bonchev–Trinajstić information content (AvgIpc) is 3.57. The van der Waals surface area contributed by atoms with Crippen LogP contribution in [0.1, 0.15) is 31.0 Å². The van der Waals surface area contributed by atoms with Gasteiger partial charge in [-0.1, -0.05) is 0 Å². The van der Waals surface area contributed by atoms with Crippen molar-refractivity contribution in [1.29, 1.82) is 0 Å². The summed E-state index contributed by atoms with van der Waals surface area (Å²) in [6, 6.07) is 8.48. The van der Waals surface area contributed by atoms with Crippen molar-refractivity contribution in [3.63, 3.8) is 0 Å². The molecular weight excluding hydrogens is 409 g/mol. The number of aromatic nitrogens is 4. The average molecular weight is 434 g/mol. The van der Waals surface area contributed by atoms with Crippen LogP contribution in [0.5, 0.6) is 5.75 Å². The molecule has 164 valence electrons. The number of hydrogen-bond donors (Lipinski definition) is 1. The van der Waals surface area contributed by atoms with Gasteiger partial charge in [0, 0.05) is 38.4 Å². The molecule has 2 N–H and O–H groups in total. The maximum atomic E-state index is 14.2. The van der Waals surface area contributed by atoms with Gasteiger partial charge in [-0.05, 0) is 44.0 Å². The Morgan fingerprint density at radius 2 is 1.69 bits per heavy atom. The van der Waals surface area contributed by atoms with Gasteiger partial charge in [0.15, 0.2) is 11.6 Å². The molecular formula is C23H25FN7O+. The summed E-state index contributed by atoms with van der Waals surface area (Å²) in [6.45, 7) is 5.23. The zero-order chi connectivity index (χ0) is 22.1. The molecule has 1 aliphatic heterocycles. The summed E-state index contributed by atoms with van der Waals surface area (Å²) in [5, 5.41) is 6.42. The Bertz CT molecular complexity index is 1130. The van der Waals surface area contributed by atoms with Crippen molar-refractivity contribution >= 4 is 17.3 Å². The van der Waals surface area contributed by atoms with E-state index in [0.717, 1.165) is 50.7 Å². The molecule has 0 amide bonds. The van der Waals surface area contributed by atoms with E-state index in [0.29, 0.717) is 17.0 Å². The van der Waals surface area contributed by atoms with E-state index in [1.165, 1.54) is 12.4 Å². The first-order valence-corrected chi connectivity index (χ1v) is 10.7. The van der Waals surface area contributed by atoms with Crippen molar-refractivity contribution in [1.82, 2.24) is 19.9 Å². The molecule has 32 heavy (non-hydrogen) atoms. The number of halogens is 1. The predicted octanol–water partition coefficient (Wildman–Crippen LogP) is 1.26. The summed E-state index contributed by atoms with van der Waals surface area (Å²) in [7, 11) is 0. The van der Waals surface area contributed by atoms with Gasteiger partial charge in [0.05, 0.1) is 5.56 Å². The minimum Gasteiger partial charge on any atom is -0.484 e. The van der Waals surface area contributed by atoms with E-state index >= 15 is 0 Å². The molecule has 5 rings (SSSR count). The van der Waals surface area contributed by atoms with Crippen LogP contribution in [0.2, 0.25) is 0 Å². The topological polar surface area (TPSA) is 92.9 Å². The third-order valence-corrected chi connectivity index (χ3v) is 5.98. The molecule has 1 saturated carbocycles. The Balaban J connectivity index is 1.30. The lowest BCUT2D eigenvalue weighted by molar-refractivity contribution is -0.111. The van der Waals surface area contributed by atoms with E-state index < -0.39 is 0 Å². The van der Waals surface area contributed by atoms with E-state index in [4.69, 9.17) is 10.1 Å². The highest BCUT2D eigenvalue weighted by Crippen LogP contribution is 2.40. The first kappa shape index (κ1) is 20.3. The second-order valence-electron chi connectivity index (χ2n) is 8.41. The lowest BCUT2D eigenvalue weighted by Crippen LogP contribution is -2.47. The number of nitrogens with zero attached hydrogens (tertiary/aromatic N) is 6. The third kappa shape index (κ3) is 4.23. The Labute approximate surface area is 185 Å². The highest BCUT2D eigenvalue weighted by molar-refractivity contribution is 6.08. The number of benzene rings is 1. The molecule has 1 saturated heterocycles. The van der Waals surface area contributed by atoms with Gasteiger partial charge in [-0.2, -0.15) is 0 Å². The zero-order valence-electron chi connectivity index (χ0n) is 17.9. The van der Waals surface area contributed by atoms with Gasteiger partial charge >= 0.3 is 0 Å². The van der Waals surface area contributed by atoms with E-state index in [1.807, 2.05) is 19.1 Å². The van der Waals surface area contributed by atoms with Gasteiger partial charge in [-0.25, -0.2) is 24.3 Å². The lowest BCUT2D eigenvalue weighted by Gasteiger charge is -2.35. The number of nitrogens with two attached hydrogens (primary N) is 1. The molecule has 2 aliphatic rings. The summed E-state index contributed by atoms with van der Waals surface area (Å²) in [4.78, 5) is 21.5. The number of ether oxygens (including phenoxy) is 1. The normalized spacial score (nSPS) is 17.2. The first-order valence-electron chi connectivity index (χ1n) is 10.7. The monoisotopic (exact) mass is 434 g/mol. The van der Waals surface area contributed by atoms with Crippen molar-refractivity contribution in [2.45, 2.75) is 25.4 Å². The molecule has 0 radical (unpaired) electrons. The fourth-order valence-electron chi connectivity index (χ4n) is 3.74. The van der Waals surface area contributed by atoms with Gasteiger partial charge in [-0.15, -0.1) is 0 Å². The Kier molecular flexibility index (Phi) is 5.16. The molecule has 3 heterocycles. The Morgan fingerprint density at radius 3 is 2.38 bits per heavy atom.